The van der Waals surface area contributed by atoms with E-state index in [2.05, 4.69) is 19.1 Å². The van der Waals surface area contributed by atoms with E-state index >= 15 is 0 Å². The Morgan fingerprint density at radius 1 is 0.488 bits per heavy atom. The van der Waals surface area contributed by atoms with Crippen LogP contribution in [0, 0.1) is 0 Å². The SMILES string of the molecule is CCCCCCCCCCCCCCC/C=C/CCCCC[N+](C(CC)C(=O)O)(C(CC)C(=O)O)C(CC)C(=O)O. The molecule has 41 heavy (non-hydrogen) atoms. The smallest absolute Gasteiger partial charge is 0.362 e. The Bertz CT molecular complexity index is 667. The highest BCUT2D eigenvalue weighted by Crippen LogP contribution is 2.32. The molecule has 3 N–H and O–H groups in total. The predicted octanol–water partition coefficient (Wildman–Crippen LogP) is 8.99. The second-order valence-corrected chi connectivity index (χ2v) is 11.9. The number of quaternary nitrogens is 1. The molecule has 0 aromatic rings. The molecule has 0 heterocycles. The van der Waals surface area contributed by atoms with Gasteiger partial charge in [-0.05, 0) is 38.5 Å². The van der Waals surface area contributed by atoms with Crippen molar-refractivity contribution in [2.75, 3.05) is 6.54 Å². The Balaban J connectivity index is 4.49. The van der Waals surface area contributed by atoms with Gasteiger partial charge in [0.15, 0.2) is 18.1 Å². The van der Waals surface area contributed by atoms with E-state index < -0.39 is 40.5 Å². The van der Waals surface area contributed by atoms with E-state index in [-0.39, 0.29) is 25.8 Å². The normalized spacial score (nSPS) is 15.4. The molecule has 7 heteroatoms. The fraction of sp³-hybridized carbons (Fsp3) is 0.853. The van der Waals surface area contributed by atoms with Crippen LogP contribution >= 0.6 is 0 Å². The molecular formula is C34H64NO6+. The van der Waals surface area contributed by atoms with Gasteiger partial charge in [-0.3, -0.25) is 4.48 Å². The molecule has 0 rings (SSSR count). The number of hydrogen-bond acceptors (Lipinski definition) is 3. The highest BCUT2D eigenvalue weighted by Gasteiger charge is 2.55. The van der Waals surface area contributed by atoms with E-state index in [4.69, 9.17) is 0 Å². The number of carboxylic acids is 3. The van der Waals surface area contributed by atoms with Gasteiger partial charge in [0, 0.05) is 19.3 Å². The number of carbonyl (C=O) groups is 3. The summed E-state index contributed by atoms with van der Waals surface area (Å²) >= 11 is 0. The minimum atomic E-state index is -1.12. The average molecular weight is 583 g/mol. The van der Waals surface area contributed by atoms with Gasteiger partial charge in [0.2, 0.25) is 0 Å². The van der Waals surface area contributed by atoms with E-state index in [1.54, 1.807) is 20.8 Å². The van der Waals surface area contributed by atoms with Crippen molar-refractivity contribution < 1.29 is 34.2 Å². The average Bonchev–Trinajstić information content (AvgIpc) is 2.92. The molecule has 240 valence electrons. The Morgan fingerprint density at radius 2 is 0.780 bits per heavy atom. The molecule has 0 amide bonds. The monoisotopic (exact) mass is 582 g/mol. The first-order chi connectivity index (χ1) is 19.7. The number of unbranched alkanes of at least 4 members (excludes halogenated alkanes) is 16. The van der Waals surface area contributed by atoms with Crippen molar-refractivity contribution in [3.05, 3.63) is 12.2 Å². The maximum Gasteiger partial charge on any atom is 0.362 e. The lowest BCUT2D eigenvalue weighted by Gasteiger charge is -2.49. The molecule has 0 aromatic heterocycles. The standard InChI is InChI=1S/C34H63NO6/c1-5-9-10-11-12-13-14-15-16-17-18-19-20-21-22-23-24-25-26-27-28-35(29(6-2)32(36)37,30(7-3)33(38)39)31(8-4)34(40)41/h22-23,29-31H,5-21,24-28H2,1-4H3,(H2-,36,37,38,39,40,41)/p+1/b23-22+. The Morgan fingerprint density at radius 3 is 1.07 bits per heavy atom. The lowest BCUT2D eigenvalue weighted by molar-refractivity contribution is -0.973. The molecule has 0 saturated carbocycles. The van der Waals surface area contributed by atoms with E-state index in [1.807, 2.05) is 0 Å². The Labute approximate surface area is 251 Å². The van der Waals surface area contributed by atoms with Gasteiger partial charge >= 0.3 is 17.9 Å². The van der Waals surface area contributed by atoms with Gasteiger partial charge < -0.3 is 15.3 Å². The molecule has 7 nitrogen and oxygen atoms in total. The summed E-state index contributed by atoms with van der Waals surface area (Å²) in [6, 6.07) is -3.22. The van der Waals surface area contributed by atoms with Crippen LogP contribution in [0.2, 0.25) is 0 Å². The quantitative estimate of drug-likeness (QED) is 0.0461. The first-order valence-corrected chi connectivity index (χ1v) is 16.9. The van der Waals surface area contributed by atoms with Crippen LogP contribution in [0.4, 0.5) is 0 Å². The number of hydrogen-bond donors (Lipinski definition) is 3. The minimum absolute atomic E-state index is 0.185. The van der Waals surface area contributed by atoms with Crippen LogP contribution in [0.15, 0.2) is 12.2 Å². The largest absolute Gasteiger partial charge is 0.477 e. The number of aliphatic carboxylic acids is 3. The van der Waals surface area contributed by atoms with Crippen molar-refractivity contribution in [3.8, 4) is 0 Å². The summed E-state index contributed by atoms with van der Waals surface area (Å²) in [6.07, 6.45) is 27.0. The van der Waals surface area contributed by atoms with E-state index in [9.17, 15) is 29.7 Å². The van der Waals surface area contributed by atoms with Crippen molar-refractivity contribution in [1.82, 2.24) is 0 Å². The maximum atomic E-state index is 12.3. The second-order valence-electron chi connectivity index (χ2n) is 11.9. The van der Waals surface area contributed by atoms with Gasteiger partial charge in [-0.2, -0.15) is 0 Å². The van der Waals surface area contributed by atoms with Crippen LogP contribution < -0.4 is 0 Å². The summed E-state index contributed by atoms with van der Waals surface area (Å²) in [6.45, 7) is 7.62. The van der Waals surface area contributed by atoms with E-state index in [0.29, 0.717) is 6.42 Å². The molecule has 0 bridgehead atoms. The zero-order valence-corrected chi connectivity index (χ0v) is 27.0. The summed E-state index contributed by atoms with van der Waals surface area (Å²) in [7, 11) is 0. The van der Waals surface area contributed by atoms with Crippen molar-refractivity contribution in [2.24, 2.45) is 0 Å². The lowest BCUT2D eigenvalue weighted by Crippen LogP contribution is -2.72. The fourth-order valence-corrected chi connectivity index (χ4v) is 6.62. The minimum Gasteiger partial charge on any atom is -0.477 e. The Kier molecular flexibility index (Phi) is 23.5. The van der Waals surface area contributed by atoms with Gasteiger partial charge in [-0.1, -0.05) is 117 Å². The Hall–Kier alpha value is -1.89. The van der Waals surface area contributed by atoms with E-state index in [1.165, 1.54) is 83.5 Å². The van der Waals surface area contributed by atoms with Crippen LogP contribution in [-0.2, 0) is 14.4 Å². The van der Waals surface area contributed by atoms with Gasteiger partial charge in [0.1, 0.15) is 0 Å². The zero-order chi connectivity index (χ0) is 30.9. The van der Waals surface area contributed by atoms with Gasteiger partial charge in [0.25, 0.3) is 0 Å². The molecule has 0 radical (unpaired) electrons. The molecule has 0 spiro atoms. The summed E-state index contributed by atoms with van der Waals surface area (Å²) in [5, 5.41) is 30.0. The molecule has 3 atom stereocenters. The van der Waals surface area contributed by atoms with Crippen LogP contribution in [0.25, 0.3) is 0 Å². The van der Waals surface area contributed by atoms with Crippen LogP contribution in [0.5, 0.6) is 0 Å². The molecule has 0 fully saturated rings. The summed E-state index contributed by atoms with van der Waals surface area (Å²) < 4.78 is -0.418. The summed E-state index contributed by atoms with van der Waals surface area (Å²) in [4.78, 5) is 36.8. The topological polar surface area (TPSA) is 112 Å². The molecule has 0 saturated heterocycles. The number of carboxylic acid groups (broad SMARTS) is 3. The maximum absolute atomic E-state index is 12.3. The summed E-state index contributed by atoms with van der Waals surface area (Å²) in [5.74, 6) is -3.37. The lowest BCUT2D eigenvalue weighted by atomic mass is 9.94. The van der Waals surface area contributed by atoms with Crippen LogP contribution in [0.3, 0.4) is 0 Å². The molecule has 0 aliphatic rings. The van der Waals surface area contributed by atoms with Crippen molar-refractivity contribution >= 4 is 17.9 Å². The van der Waals surface area contributed by atoms with Crippen molar-refractivity contribution in [3.63, 3.8) is 0 Å². The third-order valence-corrected chi connectivity index (χ3v) is 8.81. The fourth-order valence-electron chi connectivity index (χ4n) is 6.62. The van der Waals surface area contributed by atoms with Gasteiger partial charge in [-0.15, -0.1) is 0 Å². The second kappa shape index (κ2) is 24.7. The van der Waals surface area contributed by atoms with E-state index in [0.717, 1.165) is 25.7 Å². The number of allylic oxidation sites excluding steroid dienone is 2. The van der Waals surface area contributed by atoms with Crippen LogP contribution in [0.1, 0.15) is 163 Å². The van der Waals surface area contributed by atoms with Crippen LogP contribution in [-0.4, -0.2) is 62.4 Å². The highest BCUT2D eigenvalue weighted by molar-refractivity contribution is 5.78. The number of rotatable bonds is 29. The molecule has 0 aliphatic heterocycles. The molecule has 0 aromatic carbocycles. The molecule has 0 aliphatic carbocycles. The van der Waals surface area contributed by atoms with Crippen molar-refractivity contribution in [1.29, 1.82) is 0 Å². The first-order valence-electron chi connectivity index (χ1n) is 16.9. The first kappa shape index (κ1) is 39.1. The predicted molar refractivity (Wildman–Crippen MR) is 168 cm³/mol. The highest BCUT2D eigenvalue weighted by atomic mass is 16.4. The summed E-state index contributed by atoms with van der Waals surface area (Å²) in [5.41, 5.74) is 0. The van der Waals surface area contributed by atoms with Crippen molar-refractivity contribution in [2.45, 2.75) is 181 Å². The third-order valence-electron chi connectivity index (χ3n) is 8.81. The number of nitrogens with zero attached hydrogens (tertiary/aromatic N) is 1. The molecular weight excluding hydrogens is 518 g/mol. The van der Waals surface area contributed by atoms with Gasteiger partial charge in [0.05, 0.1) is 6.54 Å². The zero-order valence-electron chi connectivity index (χ0n) is 27.0. The third kappa shape index (κ3) is 15.2. The van der Waals surface area contributed by atoms with Gasteiger partial charge in [-0.25, -0.2) is 14.4 Å². The molecule has 3 unspecified atom stereocenters.